The normalized spacial score (nSPS) is 15.1. The highest BCUT2D eigenvalue weighted by molar-refractivity contribution is 6.70. The number of esters is 1. The molecule has 25 heavy (non-hydrogen) atoms. The van der Waals surface area contributed by atoms with Crippen LogP contribution in [0, 0.1) is 0 Å². The van der Waals surface area contributed by atoms with E-state index in [9.17, 15) is 4.79 Å². The van der Waals surface area contributed by atoms with Crippen molar-refractivity contribution in [3.63, 3.8) is 0 Å². The predicted octanol–water partition coefficient (Wildman–Crippen LogP) is 3.67. The lowest BCUT2D eigenvalue weighted by Gasteiger charge is -2.23. The van der Waals surface area contributed by atoms with Gasteiger partial charge >= 0.3 is 5.97 Å². The largest absolute Gasteiger partial charge is 0.465 e. The maximum absolute atomic E-state index is 11.9. The van der Waals surface area contributed by atoms with Crippen molar-refractivity contribution in [2.45, 2.75) is 78.8 Å². The predicted molar refractivity (Wildman–Crippen MR) is 102 cm³/mol. The molecule has 0 amide bonds. The summed E-state index contributed by atoms with van der Waals surface area (Å²) in [7, 11) is -3.49. The molecule has 0 saturated carbocycles. The minimum absolute atomic E-state index is 0.0231. The van der Waals surface area contributed by atoms with Crippen molar-refractivity contribution >= 4 is 22.6 Å². The summed E-state index contributed by atoms with van der Waals surface area (Å²) in [5, 5.41) is 4.50. The third kappa shape index (κ3) is 7.80. The highest BCUT2D eigenvalue weighted by Gasteiger charge is 2.28. The van der Waals surface area contributed by atoms with Gasteiger partial charge in [-0.3, -0.25) is 4.79 Å². The van der Waals surface area contributed by atoms with Crippen molar-refractivity contribution in [2.24, 2.45) is 0 Å². The summed E-state index contributed by atoms with van der Waals surface area (Å²) in [4.78, 5) is 16.5. The number of carbonyl (C=O) groups is 1. The van der Waals surface area contributed by atoms with Crippen LogP contribution >= 0.6 is 0 Å². The zero-order chi connectivity index (χ0) is 19.4. The number of rotatable bonds is 9. The molecule has 0 bridgehead atoms. The molecule has 1 heterocycles. The molecule has 0 radical (unpaired) electrons. The number of carbonyl (C=O) groups excluding carboxylic acids is 1. The van der Waals surface area contributed by atoms with Gasteiger partial charge in [-0.2, -0.15) is 5.10 Å². The van der Waals surface area contributed by atoms with Crippen LogP contribution in [0.5, 0.6) is 0 Å². The molecule has 0 aliphatic heterocycles. The first-order valence-corrected chi connectivity index (χ1v) is 15.6. The van der Waals surface area contributed by atoms with Crippen molar-refractivity contribution < 1.29 is 18.4 Å². The van der Waals surface area contributed by atoms with E-state index in [1.165, 1.54) is 0 Å². The Labute approximate surface area is 153 Å². The fraction of sp³-hybridized carbons (Fsp3) is 0.812. The minimum Gasteiger partial charge on any atom is -0.465 e. The van der Waals surface area contributed by atoms with E-state index in [4.69, 9.17) is 13.6 Å². The molecule has 1 rings (SSSR count). The van der Waals surface area contributed by atoms with Crippen LogP contribution in [0.3, 0.4) is 0 Å². The lowest BCUT2D eigenvalue weighted by molar-refractivity contribution is -0.144. The SMILES string of the molecule is CCOC(=O)Cn1nc(C(C)O[Si](C)(C)C)nc1C(C)O[Si](C)(C)C. The van der Waals surface area contributed by atoms with E-state index in [2.05, 4.69) is 49.4 Å². The van der Waals surface area contributed by atoms with Gasteiger partial charge in [0.1, 0.15) is 18.8 Å². The van der Waals surface area contributed by atoms with E-state index in [-0.39, 0.29) is 24.7 Å². The Kier molecular flexibility index (Phi) is 7.54. The molecule has 0 spiro atoms. The van der Waals surface area contributed by atoms with Crippen LogP contribution in [0.4, 0.5) is 0 Å². The Morgan fingerprint density at radius 2 is 1.56 bits per heavy atom. The maximum Gasteiger partial charge on any atom is 0.327 e. The topological polar surface area (TPSA) is 75.5 Å². The number of hydrogen-bond acceptors (Lipinski definition) is 6. The molecular formula is C16H33N3O4Si2. The van der Waals surface area contributed by atoms with Crippen molar-refractivity contribution in [2.75, 3.05) is 6.61 Å². The summed E-state index contributed by atoms with van der Waals surface area (Å²) in [6.07, 6.45) is -0.477. The summed E-state index contributed by atoms with van der Waals surface area (Å²) in [5.41, 5.74) is 0. The van der Waals surface area contributed by atoms with Crippen LogP contribution in [-0.4, -0.2) is 44.0 Å². The Morgan fingerprint density at radius 3 is 2.04 bits per heavy atom. The molecule has 1 aromatic rings. The summed E-state index contributed by atoms with van der Waals surface area (Å²) >= 11 is 0. The molecule has 0 aliphatic rings. The van der Waals surface area contributed by atoms with E-state index in [0.717, 1.165) is 0 Å². The Hall–Kier alpha value is -1.04. The number of nitrogens with zero attached hydrogens (tertiary/aromatic N) is 3. The average molecular weight is 388 g/mol. The molecule has 9 heteroatoms. The highest BCUT2D eigenvalue weighted by Crippen LogP contribution is 2.24. The molecule has 1 aromatic heterocycles. The molecule has 0 N–H and O–H groups in total. The zero-order valence-corrected chi connectivity index (χ0v) is 19.0. The second-order valence-electron chi connectivity index (χ2n) is 8.04. The van der Waals surface area contributed by atoms with Gasteiger partial charge in [0.15, 0.2) is 28.3 Å². The second kappa shape index (κ2) is 8.56. The quantitative estimate of drug-likeness (QED) is 0.475. The first kappa shape index (κ1) is 22.0. The zero-order valence-electron chi connectivity index (χ0n) is 17.0. The van der Waals surface area contributed by atoms with Crippen LogP contribution in [0.1, 0.15) is 44.6 Å². The third-order valence-corrected chi connectivity index (χ3v) is 5.21. The minimum atomic E-state index is -1.76. The van der Waals surface area contributed by atoms with Gasteiger partial charge in [-0.1, -0.05) is 0 Å². The first-order chi connectivity index (χ1) is 11.3. The van der Waals surface area contributed by atoms with Gasteiger partial charge in [0, 0.05) is 0 Å². The molecule has 0 saturated heterocycles. The lowest BCUT2D eigenvalue weighted by atomic mass is 10.3. The molecule has 0 aliphatic carbocycles. The molecule has 7 nitrogen and oxygen atoms in total. The summed E-state index contributed by atoms with van der Waals surface area (Å²) in [5.74, 6) is 0.878. The molecule has 0 fully saturated rings. The van der Waals surface area contributed by atoms with Gasteiger partial charge in [0.2, 0.25) is 0 Å². The smallest absolute Gasteiger partial charge is 0.327 e. The highest BCUT2D eigenvalue weighted by atomic mass is 28.4. The summed E-state index contributed by atoms with van der Waals surface area (Å²) < 4.78 is 18.8. The summed E-state index contributed by atoms with van der Waals surface area (Å²) in [6, 6.07) is 0. The molecular weight excluding hydrogens is 354 g/mol. The second-order valence-corrected chi connectivity index (χ2v) is 17.0. The van der Waals surface area contributed by atoms with Crippen LogP contribution in [0.2, 0.25) is 39.3 Å². The average Bonchev–Trinajstić information content (AvgIpc) is 2.79. The number of ether oxygens (including phenoxy) is 1. The third-order valence-electron chi connectivity index (χ3n) is 3.09. The molecule has 0 aromatic carbocycles. The van der Waals surface area contributed by atoms with Gasteiger partial charge < -0.3 is 13.6 Å². The Bertz CT molecular complexity index is 579. The molecule has 2 atom stereocenters. The summed E-state index contributed by atoms with van der Waals surface area (Å²) in [6.45, 7) is 18.8. The van der Waals surface area contributed by atoms with Crippen LogP contribution in [-0.2, 0) is 24.9 Å². The van der Waals surface area contributed by atoms with E-state index in [1.54, 1.807) is 11.6 Å². The van der Waals surface area contributed by atoms with E-state index < -0.39 is 16.6 Å². The standard InChI is InChI=1S/C16H33N3O4Si2/c1-10-21-14(20)11-19-16(13(3)23-25(7,8)9)17-15(18-19)12(2)22-24(4,5)6/h12-13H,10-11H2,1-9H3. The Morgan fingerprint density at radius 1 is 1.04 bits per heavy atom. The number of hydrogen-bond donors (Lipinski definition) is 0. The van der Waals surface area contributed by atoms with E-state index >= 15 is 0 Å². The number of aromatic nitrogens is 3. The van der Waals surface area contributed by atoms with E-state index in [1.807, 2.05) is 13.8 Å². The lowest BCUT2D eigenvalue weighted by Crippen LogP contribution is -2.29. The van der Waals surface area contributed by atoms with Gasteiger partial charge in [0.05, 0.1) is 6.61 Å². The van der Waals surface area contributed by atoms with Crippen molar-refractivity contribution in [1.29, 1.82) is 0 Å². The fourth-order valence-corrected chi connectivity index (χ4v) is 4.79. The maximum atomic E-state index is 11.9. The molecule has 2 unspecified atom stereocenters. The van der Waals surface area contributed by atoms with Crippen LogP contribution in [0.25, 0.3) is 0 Å². The van der Waals surface area contributed by atoms with Gasteiger partial charge in [-0.15, -0.1) is 0 Å². The van der Waals surface area contributed by atoms with Crippen LogP contribution < -0.4 is 0 Å². The van der Waals surface area contributed by atoms with Crippen molar-refractivity contribution in [3.8, 4) is 0 Å². The van der Waals surface area contributed by atoms with Gasteiger partial charge in [-0.05, 0) is 60.1 Å². The van der Waals surface area contributed by atoms with Crippen LogP contribution in [0.15, 0.2) is 0 Å². The fourth-order valence-electron chi connectivity index (χ4n) is 2.46. The van der Waals surface area contributed by atoms with E-state index in [0.29, 0.717) is 18.3 Å². The van der Waals surface area contributed by atoms with Gasteiger partial charge in [0.25, 0.3) is 0 Å². The molecule has 144 valence electrons. The first-order valence-electron chi connectivity index (χ1n) is 8.78. The van der Waals surface area contributed by atoms with Crippen molar-refractivity contribution in [1.82, 2.24) is 14.8 Å². The van der Waals surface area contributed by atoms with Gasteiger partial charge in [-0.25, -0.2) is 9.67 Å². The Balaban J connectivity index is 3.11. The monoisotopic (exact) mass is 387 g/mol. The van der Waals surface area contributed by atoms with Crippen molar-refractivity contribution in [3.05, 3.63) is 11.6 Å².